The first-order valence-electron chi connectivity index (χ1n) is 9.97. The number of fused-ring (bicyclic) bond motifs is 1. The highest BCUT2D eigenvalue weighted by atomic mass is 16.5. The number of aromatic nitrogens is 4. The topological polar surface area (TPSA) is 77.1 Å². The highest BCUT2D eigenvalue weighted by Gasteiger charge is 2.26. The van der Waals surface area contributed by atoms with E-state index in [0.29, 0.717) is 23.0 Å². The van der Waals surface area contributed by atoms with E-state index in [1.54, 1.807) is 11.6 Å². The molecule has 0 atom stereocenters. The lowest BCUT2D eigenvalue weighted by Gasteiger charge is -2.29. The SMILES string of the molecule is Cc1nc(-c2ccc(-n3cc(C(=O)N4CCCc5ccccc54)c(C)n3)cc2)no1. The molecule has 0 radical (unpaired) electrons. The Labute approximate surface area is 174 Å². The fraction of sp³-hybridized carbons (Fsp3) is 0.217. The third kappa shape index (κ3) is 3.18. The molecule has 1 aliphatic rings. The van der Waals surface area contributed by atoms with Crippen LogP contribution in [0.25, 0.3) is 17.1 Å². The summed E-state index contributed by atoms with van der Waals surface area (Å²) in [6.45, 7) is 4.35. The number of para-hydroxylation sites is 1. The number of nitrogens with zero attached hydrogens (tertiary/aromatic N) is 5. The van der Waals surface area contributed by atoms with Gasteiger partial charge in [0.25, 0.3) is 5.91 Å². The third-order valence-corrected chi connectivity index (χ3v) is 5.40. The normalized spacial score (nSPS) is 13.3. The maximum atomic E-state index is 13.3. The van der Waals surface area contributed by atoms with Crippen LogP contribution in [-0.2, 0) is 6.42 Å². The van der Waals surface area contributed by atoms with Crippen molar-refractivity contribution in [3.8, 4) is 17.1 Å². The number of anilines is 1. The second-order valence-corrected chi connectivity index (χ2v) is 7.45. The van der Waals surface area contributed by atoms with Crippen LogP contribution in [0.4, 0.5) is 5.69 Å². The van der Waals surface area contributed by atoms with Crippen molar-refractivity contribution in [3.63, 3.8) is 0 Å². The molecule has 0 aliphatic carbocycles. The predicted molar refractivity (Wildman–Crippen MR) is 113 cm³/mol. The van der Waals surface area contributed by atoms with Crippen molar-refractivity contribution in [1.82, 2.24) is 19.9 Å². The van der Waals surface area contributed by atoms with Crippen molar-refractivity contribution in [2.24, 2.45) is 0 Å². The standard InChI is InChI=1S/C23H21N5O2/c1-15-20(23(29)27-13-5-7-17-6-3-4-8-21(17)27)14-28(25-15)19-11-9-18(10-12-19)22-24-16(2)30-26-22/h3-4,6,8-12,14H,5,7,13H2,1-2H3. The molecule has 5 rings (SSSR count). The van der Waals surface area contributed by atoms with Gasteiger partial charge in [-0.05, 0) is 55.7 Å². The summed E-state index contributed by atoms with van der Waals surface area (Å²) in [7, 11) is 0. The van der Waals surface area contributed by atoms with Crippen LogP contribution in [0, 0.1) is 13.8 Å². The first-order chi connectivity index (χ1) is 14.6. The molecule has 2 aromatic heterocycles. The van der Waals surface area contributed by atoms with Crippen molar-refractivity contribution in [1.29, 1.82) is 0 Å². The fourth-order valence-electron chi connectivity index (χ4n) is 3.87. The van der Waals surface area contributed by atoms with Crippen LogP contribution in [0.3, 0.4) is 0 Å². The lowest BCUT2D eigenvalue weighted by Crippen LogP contribution is -2.35. The summed E-state index contributed by atoms with van der Waals surface area (Å²) in [4.78, 5) is 19.4. The summed E-state index contributed by atoms with van der Waals surface area (Å²) < 4.78 is 6.78. The Morgan fingerprint density at radius 3 is 2.63 bits per heavy atom. The van der Waals surface area contributed by atoms with Crippen LogP contribution in [0.2, 0.25) is 0 Å². The third-order valence-electron chi connectivity index (χ3n) is 5.40. The molecule has 1 amide bonds. The molecular formula is C23H21N5O2. The summed E-state index contributed by atoms with van der Waals surface area (Å²) in [6.07, 6.45) is 3.78. The Morgan fingerprint density at radius 2 is 1.87 bits per heavy atom. The highest BCUT2D eigenvalue weighted by Crippen LogP contribution is 2.29. The van der Waals surface area contributed by atoms with Crippen molar-refractivity contribution in [2.45, 2.75) is 26.7 Å². The van der Waals surface area contributed by atoms with Crippen LogP contribution in [0.1, 0.15) is 33.9 Å². The molecule has 7 nitrogen and oxygen atoms in total. The molecule has 1 aliphatic heterocycles. The summed E-state index contributed by atoms with van der Waals surface area (Å²) in [6, 6.07) is 15.8. The van der Waals surface area contributed by atoms with Gasteiger partial charge in [-0.3, -0.25) is 4.79 Å². The van der Waals surface area contributed by atoms with Gasteiger partial charge in [0.1, 0.15) is 0 Å². The van der Waals surface area contributed by atoms with Crippen LogP contribution < -0.4 is 4.90 Å². The van der Waals surface area contributed by atoms with E-state index in [1.807, 2.05) is 60.5 Å². The predicted octanol–water partition coefficient (Wildman–Crippen LogP) is 4.13. The molecule has 4 aromatic rings. The summed E-state index contributed by atoms with van der Waals surface area (Å²) in [5.74, 6) is 1.07. The van der Waals surface area contributed by atoms with Crippen molar-refractivity contribution < 1.29 is 9.32 Å². The Hall–Kier alpha value is -3.74. The summed E-state index contributed by atoms with van der Waals surface area (Å²) >= 11 is 0. The second kappa shape index (κ2) is 7.26. The molecule has 0 unspecified atom stereocenters. The molecule has 2 aromatic carbocycles. The summed E-state index contributed by atoms with van der Waals surface area (Å²) in [5, 5.41) is 8.52. The maximum Gasteiger partial charge on any atom is 0.261 e. The molecule has 30 heavy (non-hydrogen) atoms. The van der Waals surface area contributed by atoms with Crippen LogP contribution in [0.15, 0.2) is 59.3 Å². The van der Waals surface area contributed by atoms with Crippen LogP contribution >= 0.6 is 0 Å². The van der Waals surface area contributed by atoms with Crippen LogP contribution in [0.5, 0.6) is 0 Å². The zero-order valence-electron chi connectivity index (χ0n) is 16.9. The molecule has 0 fully saturated rings. The Bertz CT molecular complexity index is 1220. The number of carbonyl (C=O) groups excluding carboxylic acids is 1. The average Bonchev–Trinajstić information content (AvgIpc) is 3.39. The average molecular weight is 399 g/mol. The lowest BCUT2D eigenvalue weighted by atomic mass is 10.0. The van der Waals surface area contributed by atoms with E-state index in [4.69, 9.17) is 4.52 Å². The minimum Gasteiger partial charge on any atom is -0.339 e. The minimum absolute atomic E-state index is 0.00945. The summed E-state index contributed by atoms with van der Waals surface area (Å²) in [5.41, 5.74) is 5.27. The quantitative estimate of drug-likeness (QED) is 0.518. The van der Waals surface area contributed by atoms with E-state index < -0.39 is 0 Å². The van der Waals surface area contributed by atoms with E-state index in [2.05, 4.69) is 21.3 Å². The van der Waals surface area contributed by atoms with E-state index in [0.717, 1.165) is 36.3 Å². The van der Waals surface area contributed by atoms with E-state index in [-0.39, 0.29) is 5.91 Å². The first-order valence-corrected chi connectivity index (χ1v) is 9.97. The van der Waals surface area contributed by atoms with E-state index in [9.17, 15) is 4.79 Å². The molecule has 0 saturated heterocycles. The molecule has 0 N–H and O–H groups in total. The number of hydrogen-bond acceptors (Lipinski definition) is 5. The van der Waals surface area contributed by atoms with Gasteiger partial charge in [0.15, 0.2) is 0 Å². The lowest BCUT2D eigenvalue weighted by molar-refractivity contribution is 0.0984. The van der Waals surface area contributed by atoms with Gasteiger partial charge in [-0.25, -0.2) is 4.68 Å². The van der Waals surface area contributed by atoms with Gasteiger partial charge in [0.05, 0.1) is 16.9 Å². The van der Waals surface area contributed by atoms with Crippen molar-refractivity contribution >= 4 is 11.6 Å². The number of benzene rings is 2. The molecule has 7 heteroatoms. The number of carbonyl (C=O) groups is 1. The Morgan fingerprint density at radius 1 is 1.07 bits per heavy atom. The van der Waals surface area contributed by atoms with Gasteiger partial charge in [-0.15, -0.1) is 0 Å². The number of hydrogen-bond donors (Lipinski definition) is 0. The Balaban J connectivity index is 1.43. The number of rotatable bonds is 3. The van der Waals surface area contributed by atoms with Gasteiger partial charge in [-0.1, -0.05) is 23.4 Å². The molecule has 0 saturated carbocycles. The smallest absolute Gasteiger partial charge is 0.261 e. The molecule has 0 bridgehead atoms. The van der Waals surface area contributed by atoms with Gasteiger partial charge < -0.3 is 9.42 Å². The van der Waals surface area contributed by atoms with Gasteiger partial charge in [0, 0.05) is 30.9 Å². The monoisotopic (exact) mass is 399 g/mol. The Kier molecular flexibility index (Phi) is 4.43. The van der Waals surface area contributed by atoms with Crippen molar-refractivity contribution in [3.05, 3.63) is 77.4 Å². The molecular weight excluding hydrogens is 378 g/mol. The van der Waals surface area contributed by atoms with E-state index in [1.165, 1.54) is 5.56 Å². The zero-order valence-corrected chi connectivity index (χ0v) is 16.9. The van der Waals surface area contributed by atoms with Crippen LogP contribution in [-0.4, -0.2) is 32.4 Å². The zero-order chi connectivity index (χ0) is 20.7. The molecule has 0 spiro atoms. The van der Waals surface area contributed by atoms with Crippen molar-refractivity contribution in [2.75, 3.05) is 11.4 Å². The number of amides is 1. The van der Waals surface area contributed by atoms with Gasteiger partial charge in [0.2, 0.25) is 11.7 Å². The molecule has 3 heterocycles. The van der Waals surface area contributed by atoms with Gasteiger partial charge >= 0.3 is 0 Å². The maximum absolute atomic E-state index is 13.3. The largest absolute Gasteiger partial charge is 0.339 e. The van der Waals surface area contributed by atoms with Gasteiger partial charge in [-0.2, -0.15) is 10.1 Å². The fourth-order valence-corrected chi connectivity index (χ4v) is 3.87. The molecule has 150 valence electrons. The minimum atomic E-state index is -0.00945. The first kappa shape index (κ1) is 18.3. The number of aryl methyl sites for hydroxylation is 3. The van der Waals surface area contributed by atoms with E-state index >= 15 is 0 Å². The second-order valence-electron chi connectivity index (χ2n) is 7.45. The highest BCUT2D eigenvalue weighted by molar-refractivity contribution is 6.07.